The molecular weight excluding hydrogens is 258 g/mol. The minimum absolute atomic E-state index is 0.347. The third kappa shape index (κ3) is 2.88. The fourth-order valence-corrected chi connectivity index (χ4v) is 1.88. The number of rotatable bonds is 4. The van der Waals surface area contributed by atoms with Crippen molar-refractivity contribution in [3.05, 3.63) is 41.6 Å². The number of carbonyl (C=O) groups excluding carboxylic acids is 2. The van der Waals surface area contributed by atoms with E-state index >= 15 is 0 Å². The van der Waals surface area contributed by atoms with Crippen LogP contribution in [0.15, 0.2) is 30.5 Å². The lowest BCUT2D eigenvalue weighted by molar-refractivity contribution is -0.137. The molecule has 0 saturated carbocycles. The first kappa shape index (κ1) is 13.9. The zero-order valence-corrected chi connectivity index (χ0v) is 11.3. The average Bonchev–Trinajstić information content (AvgIpc) is 2.86. The molecule has 5 heteroatoms. The second kappa shape index (κ2) is 6.06. The number of fused-ring (bicyclic) bond motifs is 1. The van der Waals surface area contributed by atoms with Crippen molar-refractivity contribution in [2.75, 3.05) is 13.7 Å². The van der Waals surface area contributed by atoms with Crippen LogP contribution in [0.3, 0.4) is 0 Å². The van der Waals surface area contributed by atoms with Crippen molar-refractivity contribution in [3.8, 4) is 0 Å². The van der Waals surface area contributed by atoms with E-state index in [2.05, 4.69) is 9.72 Å². The van der Waals surface area contributed by atoms with Gasteiger partial charge in [-0.1, -0.05) is 6.07 Å². The topological polar surface area (TPSA) is 68.4 Å². The van der Waals surface area contributed by atoms with Gasteiger partial charge in [-0.2, -0.15) is 0 Å². The molecule has 0 radical (unpaired) electrons. The number of hydrogen-bond acceptors (Lipinski definition) is 4. The number of nitrogens with one attached hydrogen (secondary N) is 1. The summed E-state index contributed by atoms with van der Waals surface area (Å²) in [6.45, 7) is 2.10. The van der Waals surface area contributed by atoms with E-state index in [1.54, 1.807) is 31.3 Å². The number of H-pyrrole nitrogens is 1. The van der Waals surface area contributed by atoms with Gasteiger partial charge in [0.05, 0.1) is 19.3 Å². The summed E-state index contributed by atoms with van der Waals surface area (Å²) in [5, 5.41) is 0.915. The zero-order valence-electron chi connectivity index (χ0n) is 11.3. The third-order valence-corrected chi connectivity index (χ3v) is 2.82. The minimum atomic E-state index is -0.384. The molecule has 2 aromatic rings. The monoisotopic (exact) mass is 273 g/mol. The molecule has 1 N–H and O–H groups in total. The van der Waals surface area contributed by atoms with Crippen LogP contribution in [-0.4, -0.2) is 30.6 Å². The fourth-order valence-electron chi connectivity index (χ4n) is 1.88. The van der Waals surface area contributed by atoms with Gasteiger partial charge in [0.2, 0.25) is 0 Å². The normalized spacial score (nSPS) is 10.9. The van der Waals surface area contributed by atoms with E-state index in [0.29, 0.717) is 12.2 Å². The Hall–Kier alpha value is -2.56. The Morgan fingerprint density at radius 1 is 1.35 bits per heavy atom. The maximum atomic E-state index is 11.4. The second-order valence-electron chi connectivity index (χ2n) is 4.08. The van der Waals surface area contributed by atoms with Gasteiger partial charge in [0.15, 0.2) is 0 Å². The molecule has 0 spiro atoms. The van der Waals surface area contributed by atoms with Gasteiger partial charge < -0.3 is 14.5 Å². The highest BCUT2D eigenvalue weighted by atomic mass is 16.5. The number of benzene rings is 1. The summed E-state index contributed by atoms with van der Waals surface area (Å²) in [7, 11) is 1.34. The molecule has 104 valence electrons. The van der Waals surface area contributed by atoms with E-state index < -0.39 is 0 Å². The Morgan fingerprint density at radius 2 is 2.15 bits per heavy atom. The van der Waals surface area contributed by atoms with Gasteiger partial charge in [-0.15, -0.1) is 0 Å². The molecule has 20 heavy (non-hydrogen) atoms. The number of methoxy groups -OCH3 is 1. The highest BCUT2D eigenvalue weighted by Gasteiger charge is 2.08. The van der Waals surface area contributed by atoms with Crippen LogP contribution in [0.4, 0.5) is 0 Å². The third-order valence-electron chi connectivity index (χ3n) is 2.82. The lowest BCUT2D eigenvalue weighted by atomic mass is 10.1. The first-order valence-corrected chi connectivity index (χ1v) is 6.20. The van der Waals surface area contributed by atoms with Gasteiger partial charge in [-0.05, 0) is 25.1 Å². The van der Waals surface area contributed by atoms with Crippen LogP contribution in [-0.2, 0) is 14.3 Å². The second-order valence-corrected chi connectivity index (χ2v) is 4.08. The minimum Gasteiger partial charge on any atom is -0.465 e. The van der Waals surface area contributed by atoms with Crippen molar-refractivity contribution in [1.82, 2.24) is 4.98 Å². The molecule has 0 atom stereocenters. The predicted octanol–water partition coefficient (Wildman–Crippen LogP) is 2.53. The van der Waals surface area contributed by atoms with Crippen molar-refractivity contribution in [3.63, 3.8) is 0 Å². The van der Waals surface area contributed by atoms with Crippen molar-refractivity contribution < 1.29 is 19.1 Å². The Labute approximate surface area is 116 Å². The molecule has 0 aliphatic carbocycles. The number of hydrogen-bond donors (Lipinski definition) is 1. The van der Waals surface area contributed by atoms with Gasteiger partial charge in [-0.25, -0.2) is 9.59 Å². The molecule has 0 bridgehead atoms. The van der Waals surface area contributed by atoms with Gasteiger partial charge in [0.25, 0.3) is 0 Å². The van der Waals surface area contributed by atoms with Gasteiger partial charge in [-0.3, -0.25) is 0 Å². The summed E-state index contributed by atoms with van der Waals surface area (Å²) in [5.74, 6) is -0.766. The highest BCUT2D eigenvalue weighted by Crippen LogP contribution is 2.21. The first-order chi connectivity index (χ1) is 9.65. The van der Waals surface area contributed by atoms with Crippen LogP contribution in [0.1, 0.15) is 22.8 Å². The molecule has 0 unspecified atom stereocenters. The number of esters is 2. The highest BCUT2D eigenvalue weighted by molar-refractivity contribution is 5.98. The lowest BCUT2D eigenvalue weighted by Crippen LogP contribution is -2.00. The van der Waals surface area contributed by atoms with E-state index in [4.69, 9.17) is 4.74 Å². The molecule has 1 aromatic heterocycles. The van der Waals surface area contributed by atoms with Crippen LogP contribution >= 0.6 is 0 Å². The van der Waals surface area contributed by atoms with Gasteiger partial charge in [0, 0.05) is 28.7 Å². The molecule has 0 amide bonds. The Balaban J connectivity index is 2.29. The van der Waals surface area contributed by atoms with Gasteiger partial charge >= 0.3 is 11.9 Å². The van der Waals surface area contributed by atoms with Crippen LogP contribution in [0, 0.1) is 0 Å². The number of carbonyl (C=O) groups is 2. The van der Waals surface area contributed by atoms with E-state index in [1.165, 1.54) is 13.2 Å². The largest absolute Gasteiger partial charge is 0.465 e. The van der Waals surface area contributed by atoms with Crippen molar-refractivity contribution >= 4 is 28.9 Å². The number of aromatic nitrogens is 1. The van der Waals surface area contributed by atoms with E-state index in [0.717, 1.165) is 16.5 Å². The van der Waals surface area contributed by atoms with E-state index in [9.17, 15) is 9.59 Å². The first-order valence-electron chi connectivity index (χ1n) is 6.20. The SMILES string of the molecule is CCOC(=O)C=Cc1c[nH]c2cc(C(=O)OC)ccc12. The molecular formula is C15H15NO4. The predicted molar refractivity (Wildman–Crippen MR) is 75.3 cm³/mol. The molecule has 0 saturated heterocycles. The summed E-state index contributed by atoms with van der Waals surface area (Å²) in [6, 6.07) is 5.20. The van der Waals surface area contributed by atoms with E-state index in [-0.39, 0.29) is 11.9 Å². The Bertz CT molecular complexity index is 670. The van der Waals surface area contributed by atoms with Crippen LogP contribution in [0.25, 0.3) is 17.0 Å². The lowest BCUT2D eigenvalue weighted by Gasteiger charge is -1.99. The van der Waals surface area contributed by atoms with Crippen molar-refractivity contribution in [1.29, 1.82) is 0 Å². The smallest absolute Gasteiger partial charge is 0.337 e. The molecule has 1 aromatic carbocycles. The maximum Gasteiger partial charge on any atom is 0.337 e. The van der Waals surface area contributed by atoms with Gasteiger partial charge in [0.1, 0.15) is 0 Å². The van der Waals surface area contributed by atoms with Crippen LogP contribution in [0.5, 0.6) is 0 Å². The Kier molecular flexibility index (Phi) is 4.20. The molecule has 0 fully saturated rings. The molecule has 5 nitrogen and oxygen atoms in total. The Morgan fingerprint density at radius 3 is 2.85 bits per heavy atom. The summed E-state index contributed by atoms with van der Waals surface area (Å²) >= 11 is 0. The molecule has 0 aliphatic heterocycles. The van der Waals surface area contributed by atoms with Crippen molar-refractivity contribution in [2.24, 2.45) is 0 Å². The number of aromatic amines is 1. The summed E-state index contributed by atoms with van der Waals surface area (Å²) in [6.07, 6.45) is 4.82. The summed E-state index contributed by atoms with van der Waals surface area (Å²) in [5.41, 5.74) is 2.13. The number of ether oxygens (including phenoxy) is 2. The summed E-state index contributed by atoms with van der Waals surface area (Å²) < 4.78 is 9.49. The van der Waals surface area contributed by atoms with E-state index in [1.807, 2.05) is 6.07 Å². The van der Waals surface area contributed by atoms with Crippen LogP contribution < -0.4 is 0 Å². The standard InChI is InChI=1S/C15H15NO4/c1-3-20-14(17)7-5-11-9-16-13-8-10(15(18)19-2)4-6-12(11)13/h4-9,16H,3H2,1-2H3. The fraction of sp³-hybridized carbons (Fsp3) is 0.200. The molecule has 0 aliphatic rings. The van der Waals surface area contributed by atoms with Crippen molar-refractivity contribution in [2.45, 2.75) is 6.92 Å². The molecule has 1 heterocycles. The summed E-state index contributed by atoms with van der Waals surface area (Å²) in [4.78, 5) is 25.8. The van der Waals surface area contributed by atoms with Crippen LogP contribution in [0.2, 0.25) is 0 Å². The average molecular weight is 273 g/mol. The molecule has 2 rings (SSSR count). The zero-order chi connectivity index (χ0) is 14.5. The quantitative estimate of drug-likeness (QED) is 0.686. The maximum absolute atomic E-state index is 11.4.